The minimum absolute atomic E-state index is 0.0863. The predicted octanol–water partition coefficient (Wildman–Crippen LogP) is 2.45. The molecule has 25 heavy (non-hydrogen) atoms. The van der Waals surface area contributed by atoms with Crippen molar-refractivity contribution >= 4 is 11.9 Å². The zero-order chi connectivity index (χ0) is 18.7. The van der Waals surface area contributed by atoms with Crippen molar-refractivity contribution in [2.45, 2.75) is 95.8 Å². The Morgan fingerprint density at radius 1 is 1.08 bits per heavy atom. The van der Waals surface area contributed by atoms with E-state index in [1.165, 1.54) is 19.3 Å². The molecule has 4 N–H and O–H groups in total. The normalized spacial score (nSPS) is 25.7. The van der Waals surface area contributed by atoms with Crippen LogP contribution in [0.1, 0.15) is 72.6 Å². The smallest absolute Gasteiger partial charge is 0.221 e. The third kappa shape index (κ3) is 5.87. The minimum atomic E-state index is 0.0863. The van der Waals surface area contributed by atoms with E-state index in [0.29, 0.717) is 24.0 Å². The van der Waals surface area contributed by atoms with Crippen molar-refractivity contribution in [1.29, 1.82) is 0 Å². The number of piperidine rings is 1. The van der Waals surface area contributed by atoms with Gasteiger partial charge in [0, 0.05) is 31.2 Å². The third-order valence-electron chi connectivity index (χ3n) is 5.40. The van der Waals surface area contributed by atoms with Gasteiger partial charge in [-0.2, -0.15) is 4.99 Å². The Morgan fingerprint density at radius 2 is 1.64 bits per heavy atom. The van der Waals surface area contributed by atoms with Gasteiger partial charge in [0.25, 0.3) is 0 Å². The molecule has 1 aliphatic carbocycles. The van der Waals surface area contributed by atoms with Crippen LogP contribution in [0.3, 0.4) is 0 Å². The van der Waals surface area contributed by atoms with E-state index >= 15 is 0 Å². The maximum atomic E-state index is 6.34. The molecule has 0 unspecified atom stereocenters. The Bertz CT molecular complexity index is 486. The lowest BCUT2D eigenvalue weighted by Crippen LogP contribution is -2.62. The molecule has 0 spiro atoms. The van der Waals surface area contributed by atoms with E-state index in [1.807, 2.05) is 7.05 Å². The third-order valence-corrected chi connectivity index (χ3v) is 5.40. The van der Waals surface area contributed by atoms with Gasteiger partial charge in [-0.05, 0) is 53.4 Å². The van der Waals surface area contributed by atoms with Gasteiger partial charge in [0.05, 0.1) is 6.04 Å². The van der Waals surface area contributed by atoms with E-state index in [2.05, 4.69) is 55.3 Å². The highest BCUT2D eigenvalue weighted by molar-refractivity contribution is 5.94. The molecule has 1 saturated carbocycles. The van der Waals surface area contributed by atoms with Crippen LogP contribution in [0.25, 0.3) is 0 Å². The van der Waals surface area contributed by atoms with E-state index in [0.717, 1.165) is 25.7 Å². The summed E-state index contributed by atoms with van der Waals surface area (Å²) >= 11 is 0. The summed E-state index contributed by atoms with van der Waals surface area (Å²) in [6.45, 7) is 9.02. The molecule has 144 valence electrons. The molecule has 0 aromatic rings. The fourth-order valence-corrected chi connectivity index (χ4v) is 4.45. The number of rotatable bonds is 2. The zero-order valence-electron chi connectivity index (χ0n) is 17.0. The van der Waals surface area contributed by atoms with Crippen LogP contribution in [0.4, 0.5) is 0 Å². The van der Waals surface area contributed by atoms with Crippen molar-refractivity contribution in [3.05, 3.63) is 0 Å². The Morgan fingerprint density at radius 3 is 2.16 bits per heavy atom. The van der Waals surface area contributed by atoms with E-state index in [1.54, 1.807) is 0 Å². The second-order valence-corrected chi connectivity index (χ2v) is 9.03. The SMILES string of the molecule is CNC(=NC1CCCCC1)N=C(N)N(C)C1CC(C)(C)NC(C)(C)C1. The van der Waals surface area contributed by atoms with Gasteiger partial charge in [-0.15, -0.1) is 0 Å². The van der Waals surface area contributed by atoms with E-state index in [9.17, 15) is 0 Å². The topological polar surface area (TPSA) is 78.0 Å². The van der Waals surface area contributed by atoms with Gasteiger partial charge in [0.1, 0.15) is 0 Å². The van der Waals surface area contributed by atoms with Gasteiger partial charge in [0.2, 0.25) is 5.96 Å². The lowest BCUT2D eigenvalue weighted by molar-refractivity contribution is 0.113. The molecule has 2 fully saturated rings. The maximum Gasteiger partial charge on any atom is 0.221 e. The summed E-state index contributed by atoms with van der Waals surface area (Å²) < 4.78 is 0. The maximum absolute atomic E-state index is 6.34. The van der Waals surface area contributed by atoms with Crippen molar-refractivity contribution in [3.8, 4) is 0 Å². The minimum Gasteiger partial charge on any atom is -0.369 e. The highest BCUT2D eigenvalue weighted by Crippen LogP contribution is 2.31. The van der Waals surface area contributed by atoms with Crippen molar-refractivity contribution in [2.75, 3.05) is 14.1 Å². The van der Waals surface area contributed by atoms with Gasteiger partial charge in [0.15, 0.2) is 5.96 Å². The van der Waals surface area contributed by atoms with E-state index in [4.69, 9.17) is 10.7 Å². The lowest BCUT2D eigenvalue weighted by Gasteiger charge is -2.49. The number of nitrogens with one attached hydrogen (secondary N) is 2. The molecule has 0 amide bonds. The largest absolute Gasteiger partial charge is 0.369 e. The van der Waals surface area contributed by atoms with Gasteiger partial charge in [-0.3, -0.25) is 0 Å². The highest BCUT2D eigenvalue weighted by Gasteiger charge is 2.39. The first-order valence-corrected chi connectivity index (χ1v) is 9.74. The number of nitrogens with zero attached hydrogens (tertiary/aromatic N) is 3. The molecule has 2 rings (SSSR count). The van der Waals surface area contributed by atoms with Crippen LogP contribution in [-0.4, -0.2) is 54.1 Å². The lowest BCUT2D eigenvalue weighted by atomic mass is 9.79. The molecule has 1 aliphatic heterocycles. The van der Waals surface area contributed by atoms with Crippen LogP contribution in [0.5, 0.6) is 0 Å². The summed E-state index contributed by atoms with van der Waals surface area (Å²) in [5, 5.41) is 6.83. The van der Waals surface area contributed by atoms with Crippen LogP contribution in [0.2, 0.25) is 0 Å². The summed E-state index contributed by atoms with van der Waals surface area (Å²) in [4.78, 5) is 11.5. The first-order valence-electron chi connectivity index (χ1n) is 9.74. The molecule has 0 aromatic heterocycles. The summed E-state index contributed by atoms with van der Waals surface area (Å²) in [5.74, 6) is 1.20. The standard InChI is InChI=1S/C19H38N6/c1-18(2)12-15(13-19(3,4)24-18)25(6)16(20)23-17(21-5)22-14-10-8-7-9-11-14/h14-15,24H,7-13H2,1-6H3,(H3,20,21,22,23). The number of guanidine groups is 2. The molecule has 0 radical (unpaired) electrons. The number of hydrogen-bond donors (Lipinski definition) is 3. The van der Waals surface area contributed by atoms with Crippen LogP contribution in [0, 0.1) is 0 Å². The Hall–Kier alpha value is -1.30. The second-order valence-electron chi connectivity index (χ2n) is 9.03. The zero-order valence-corrected chi connectivity index (χ0v) is 17.0. The molecule has 6 nitrogen and oxygen atoms in total. The number of aliphatic imine (C=N–C) groups is 2. The van der Waals surface area contributed by atoms with Crippen LogP contribution >= 0.6 is 0 Å². The molecule has 1 heterocycles. The quantitative estimate of drug-likeness (QED) is 0.528. The monoisotopic (exact) mass is 350 g/mol. The Labute approximate surface area is 153 Å². The van der Waals surface area contributed by atoms with E-state index < -0.39 is 0 Å². The average molecular weight is 351 g/mol. The number of hydrogen-bond acceptors (Lipinski definition) is 2. The molecule has 2 aliphatic rings. The molecular formula is C19H38N6. The Kier molecular flexibility index (Phi) is 6.35. The van der Waals surface area contributed by atoms with Gasteiger partial charge in [-0.25, -0.2) is 4.99 Å². The van der Waals surface area contributed by atoms with Gasteiger partial charge in [-0.1, -0.05) is 19.3 Å². The fraction of sp³-hybridized carbons (Fsp3) is 0.895. The first kappa shape index (κ1) is 20.0. The molecule has 0 atom stereocenters. The van der Waals surface area contributed by atoms with Crippen molar-refractivity contribution < 1.29 is 0 Å². The van der Waals surface area contributed by atoms with Crippen molar-refractivity contribution in [3.63, 3.8) is 0 Å². The summed E-state index contributed by atoms with van der Waals surface area (Å²) in [7, 11) is 3.92. The molecule has 0 bridgehead atoms. The van der Waals surface area contributed by atoms with Gasteiger partial charge < -0.3 is 21.3 Å². The molecule has 0 aromatic carbocycles. The number of nitrogens with two attached hydrogens (primary N) is 1. The average Bonchev–Trinajstić information content (AvgIpc) is 2.51. The first-order chi connectivity index (χ1) is 11.6. The molecule has 1 saturated heterocycles. The highest BCUT2D eigenvalue weighted by atomic mass is 15.3. The van der Waals surface area contributed by atoms with Crippen LogP contribution in [-0.2, 0) is 0 Å². The van der Waals surface area contributed by atoms with Crippen LogP contribution < -0.4 is 16.4 Å². The molecule has 6 heteroatoms. The predicted molar refractivity (Wildman–Crippen MR) is 107 cm³/mol. The second kappa shape index (κ2) is 7.94. The van der Waals surface area contributed by atoms with E-state index in [-0.39, 0.29) is 11.1 Å². The summed E-state index contributed by atoms with van der Waals surface area (Å²) in [5.41, 5.74) is 6.51. The fourth-order valence-electron chi connectivity index (χ4n) is 4.45. The summed E-state index contributed by atoms with van der Waals surface area (Å²) in [6.07, 6.45) is 8.26. The van der Waals surface area contributed by atoms with Crippen molar-refractivity contribution in [1.82, 2.24) is 15.5 Å². The van der Waals surface area contributed by atoms with Gasteiger partial charge >= 0.3 is 0 Å². The summed E-state index contributed by atoms with van der Waals surface area (Å²) in [6, 6.07) is 0.748. The van der Waals surface area contributed by atoms with Crippen molar-refractivity contribution in [2.24, 2.45) is 15.7 Å². The Balaban J connectivity index is 2.09. The van der Waals surface area contributed by atoms with Crippen LogP contribution in [0.15, 0.2) is 9.98 Å². The molecular weight excluding hydrogens is 312 g/mol.